The number of carbonyl (C=O) groups excluding carboxylic acids is 1. The first-order chi connectivity index (χ1) is 8.49. The maximum atomic E-state index is 11.6. The highest BCUT2D eigenvalue weighted by Crippen LogP contribution is 2.28. The van der Waals surface area contributed by atoms with Crippen molar-refractivity contribution in [2.45, 2.75) is 19.4 Å². The Morgan fingerprint density at radius 3 is 2.78 bits per heavy atom. The van der Waals surface area contributed by atoms with E-state index in [9.17, 15) is 14.9 Å². The van der Waals surface area contributed by atoms with Gasteiger partial charge in [-0.3, -0.25) is 14.9 Å². The van der Waals surface area contributed by atoms with Crippen LogP contribution in [0, 0.1) is 10.1 Å². The summed E-state index contributed by atoms with van der Waals surface area (Å²) in [5.41, 5.74) is 5.68. The van der Waals surface area contributed by atoms with E-state index >= 15 is 0 Å². The number of nitrogens with zero attached hydrogens (tertiary/aromatic N) is 1. The lowest BCUT2D eigenvalue weighted by Crippen LogP contribution is -2.34. The summed E-state index contributed by atoms with van der Waals surface area (Å²) in [6, 6.07) is 3.30. The topological polar surface area (TPSA) is 107 Å². The number of benzene rings is 1. The van der Waals surface area contributed by atoms with Gasteiger partial charge in [-0.15, -0.1) is 0 Å². The molecule has 0 bridgehead atoms. The Morgan fingerprint density at radius 2 is 2.28 bits per heavy atom. The molecule has 0 unspecified atom stereocenters. The fraction of sp³-hybridized carbons (Fsp3) is 0.364. The standard InChI is InChI=1S/C11H15N3O4/c1-3-8(12)11(15)13-9-6-7(14(16)17)4-5-10(9)18-2/h4-6,8H,3,12H2,1-2H3,(H,13,15)/t8-/m1/s1. The fourth-order valence-corrected chi connectivity index (χ4v) is 1.32. The van der Waals surface area contributed by atoms with E-state index in [1.807, 2.05) is 0 Å². The van der Waals surface area contributed by atoms with Crippen LogP contribution in [-0.2, 0) is 4.79 Å². The van der Waals surface area contributed by atoms with Gasteiger partial charge in [0, 0.05) is 12.1 Å². The summed E-state index contributed by atoms with van der Waals surface area (Å²) in [7, 11) is 1.41. The van der Waals surface area contributed by atoms with Gasteiger partial charge < -0.3 is 15.8 Å². The molecule has 0 saturated carbocycles. The van der Waals surface area contributed by atoms with Crippen molar-refractivity contribution in [2.75, 3.05) is 12.4 Å². The van der Waals surface area contributed by atoms with Crippen molar-refractivity contribution in [3.63, 3.8) is 0 Å². The molecule has 0 aliphatic rings. The van der Waals surface area contributed by atoms with Crippen molar-refractivity contribution in [1.29, 1.82) is 0 Å². The first-order valence-corrected chi connectivity index (χ1v) is 5.38. The number of hydrogen-bond acceptors (Lipinski definition) is 5. The van der Waals surface area contributed by atoms with Crippen LogP contribution in [0.5, 0.6) is 5.75 Å². The zero-order valence-electron chi connectivity index (χ0n) is 10.2. The largest absolute Gasteiger partial charge is 0.495 e. The second kappa shape index (κ2) is 5.97. The lowest BCUT2D eigenvalue weighted by atomic mass is 10.2. The van der Waals surface area contributed by atoms with Crippen molar-refractivity contribution >= 4 is 17.3 Å². The van der Waals surface area contributed by atoms with Crippen LogP contribution in [0.15, 0.2) is 18.2 Å². The highest BCUT2D eigenvalue weighted by atomic mass is 16.6. The van der Waals surface area contributed by atoms with Crippen molar-refractivity contribution in [1.82, 2.24) is 0 Å². The van der Waals surface area contributed by atoms with E-state index in [1.165, 1.54) is 25.3 Å². The number of carbonyl (C=O) groups is 1. The molecular weight excluding hydrogens is 238 g/mol. The van der Waals surface area contributed by atoms with Crippen LogP contribution < -0.4 is 15.8 Å². The number of ether oxygens (including phenoxy) is 1. The van der Waals surface area contributed by atoms with Gasteiger partial charge in [-0.2, -0.15) is 0 Å². The number of amides is 1. The lowest BCUT2D eigenvalue weighted by Gasteiger charge is -2.12. The molecular formula is C11H15N3O4. The van der Waals surface area contributed by atoms with Gasteiger partial charge in [0.2, 0.25) is 5.91 Å². The molecule has 1 aromatic carbocycles. The van der Waals surface area contributed by atoms with E-state index in [2.05, 4.69) is 5.32 Å². The van der Waals surface area contributed by atoms with Crippen LogP contribution in [0.4, 0.5) is 11.4 Å². The number of non-ortho nitro benzene ring substituents is 1. The number of hydrogen-bond donors (Lipinski definition) is 2. The van der Waals surface area contributed by atoms with E-state index < -0.39 is 16.9 Å². The highest BCUT2D eigenvalue weighted by molar-refractivity contribution is 5.96. The Labute approximate surface area is 104 Å². The van der Waals surface area contributed by atoms with Gasteiger partial charge >= 0.3 is 0 Å². The first-order valence-electron chi connectivity index (χ1n) is 5.38. The van der Waals surface area contributed by atoms with Crippen LogP contribution in [0.25, 0.3) is 0 Å². The second-order valence-electron chi connectivity index (χ2n) is 3.65. The highest BCUT2D eigenvalue weighted by Gasteiger charge is 2.16. The average Bonchev–Trinajstić information content (AvgIpc) is 2.37. The van der Waals surface area contributed by atoms with Crippen molar-refractivity contribution in [3.05, 3.63) is 28.3 Å². The SMILES string of the molecule is CC[C@@H](N)C(=O)Nc1cc([N+](=O)[O-])ccc1OC. The minimum Gasteiger partial charge on any atom is -0.495 e. The third-order valence-corrected chi connectivity index (χ3v) is 2.43. The molecule has 0 heterocycles. The van der Waals surface area contributed by atoms with Gasteiger partial charge in [0.1, 0.15) is 5.75 Å². The molecule has 7 nitrogen and oxygen atoms in total. The molecule has 18 heavy (non-hydrogen) atoms. The molecule has 0 saturated heterocycles. The lowest BCUT2D eigenvalue weighted by molar-refractivity contribution is -0.384. The summed E-state index contributed by atoms with van der Waals surface area (Å²) in [6.45, 7) is 1.77. The quantitative estimate of drug-likeness (QED) is 0.607. The van der Waals surface area contributed by atoms with Gasteiger partial charge in [-0.1, -0.05) is 6.92 Å². The predicted octanol–water partition coefficient (Wildman–Crippen LogP) is 1.28. The van der Waals surface area contributed by atoms with Gasteiger partial charge in [-0.25, -0.2) is 0 Å². The number of nitrogens with two attached hydrogens (primary N) is 1. The molecule has 1 rings (SSSR count). The van der Waals surface area contributed by atoms with Crippen LogP contribution in [0.1, 0.15) is 13.3 Å². The Bertz CT molecular complexity index is 462. The van der Waals surface area contributed by atoms with Crippen LogP contribution in [-0.4, -0.2) is 24.0 Å². The third kappa shape index (κ3) is 3.17. The molecule has 0 aliphatic carbocycles. The maximum Gasteiger partial charge on any atom is 0.271 e. The average molecular weight is 253 g/mol. The molecule has 0 radical (unpaired) electrons. The Hall–Kier alpha value is -2.15. The molecule has 3 N–H and O–H groups in total. The Kier molecular flexibility index (Phi) is 4.61. The molecule has 1 aromatic rings. The number of nitro benzene ring substituents is 1. The third-order valence-electron chi connectivity index (χ3n) is 2.43. The number of anilines is 1. The van der Waals surface area contributed by atoms with E-state index in [0.717, 1.165) is 0 Å². The summed E-state index contributed by atoms with van der Waals surface area (Å²) in [4.78, 5) is 21.7. The smallest absolute Gasteiger partial charge is 0.271 e. The Balaban J connectivity index is 3.01. The minimum atomic E-state index is -0.658. The monoisotopic (exact) mass is 253 g/mol. The van der Waals surface area contributed by atoms with Gasteiger partial charge in [0.05, 0.1) is 23.8 Å². The zero-order valence-corrected chi connectivity index (χ0v) is 10.2. The summed E-state index contributed by atoms with van der Waals surface area (Å²) >= 11 is 0. The number of nitro groups is 1. The molecule has 98 valence electrons. The van der Waals surface area contributed by atoms with Gasteiger partial charge in [-0.05, 0) is 12.5 Å². The zero-order chi connectivity index (χ0) is 13.7. The van der Waals surface area contributed by atoms with E-state index in [-0.39, 0.29) is 11.4 Å². The van der Waals surface area contributed by atoms with Gasteiger partial charge in [0.25, 0.3) is 5.69 Å². The van der Waals surface area contributed by atoms with Crippen LogP contribution in [0.3, 0.4) is 0 Å². The van der Waals surface area contributed by atoms with Gasteiger partial charge in [0.15, 0.2) is 0 Å². The molecule has 7 heteroatoms. The van der Waals surface area contributed by atoms with Crippen LogP contribution >= 0.6 is 0 Å². The molecule has 1 amide bonds. The van der Waals surface area contributed by atoms with Crippen molar-refractivity contribution in [3.8, 4) is 5.75 Å². The summed E-state index contributed by atoms with van der Waals surface area (Å²) < 4.78 is 5.02. The number of nitrogens with one attached hydrogen (secondary N) is 1. The summed E-state index contributed by atoms with van der Waals surface area (Å²) in [5.74, 6) is -0.0615. The summed E-state index contributed by atoms with van der Waals surface area (Å²) in [6.07, 6.45) is 0.475. The number of rotatable bonds is 5. The molecule has 0 aromatic heterocycles. The fourth-order valence-electron chi connectivity index (χ4n) is 1.32. The second-order valence-corrected chi connectivity index (χ2v) is 3.65. The molecule has 0 fully saturated rings. The Morgan fingerprint density at radius 1 is 1.61 bits per heavy atom. The number of methoxy groups -OCH3 is 1. The molecule has 0 aliphatic heterocycles. The minimum absolute atomic E-state index is 0.129. The van der Waals surface area contributed by atoms with Crippen LogP contribution in [0.2, 0.25) is 0 Å². The van der Waals surface area contributed by atoms with Crippen molar-refractivity contribution in [2.24, 2.45) is 5.73 Å². The maximum absolute atomic E-state index is 11.6. The predicted molar refractivity (Wildman–Crippen MR) is 66.5 cm³/mol. The normalized spacial score (nSPS) is 11.7. The summed E-state index contributed by atoms with van der Waals surface area (Å²) in [5, 5.41) is 13.2. The van der Waals surface area contributed by atoms with E-state index in [4.69, 9.17) is 10.5 Å². The first kappa shape index (κ1) is 13.9. The van der Waals surface area contributed by atoms with E-state index in [1.54, 1.807) is 6.92 Å². The van der Waals surface area contributed by atoms with Crippen molar-refractivity contribution < 1.29 is 14.5 Å². The molecule has 1 atom stereocenters. The van der Waals surface area contributed by atoms with E-state index in [0.29, 0.717) is 12.2 Å². The molecule has 0 spiro atoms.